The van der Waals surface area contributed by atoms with Crippen LogP contribution in [0.25, 0.3) is 11.4 Å². The quantitative estimate of drug-likeness (QED) is 0.860. The van der Waals surface area contributed by atoms with E-state index in [0.717, 1.165) is 48.2 Å². The van der Waals surface area contributed by atoms with Crippen molar-refractivity contribution in [1.82, 2.24) is 15.2 Å². The molecule has 3 aliphatic carbocycles. The Hall–Kier alpha value is -1.88. The number of hydrogen-bond donors (Lipinski definition) is 2. The number of aromatic nitrogens is 3. The predicted molar refractivity (Wildman–Crippen MR) is 85.1 cm³/mol. The fourth-order valence-electron chi connectivity index (χ4n) is 2.98. The number of H-pyrrole nitrogens is 1. The third-order valence-corrected chi connectivity index (χ3v) is 5.15. The van der Waals surface area contributed by atoms with Gasteiger partial charge < -0.3 is 9.84 Å². The number of hydrogen-bond acceptors (Lipinski definition) is 4. The van der Waals surface area contributed by atoms with Gasteiger partial charge in [0.25, 0.3) is 0 Å². The molecule has 2 heterocycles. The molecule has 5 rings (SSSR count). The standard InChI is InChI=1S/C18H21N3O2/c22-18(5-6-18)17-8-15(20-21-17)14-7-16(23-10-11-1-2-11)13(9-19-14)12-3-4-12/h7-9,11-12,22H,1-6,10H2,(H,20,21). The van der Waals surface area contributed by atoms with E-state index in [1.165, 1.54) is 31.2 Å². The highest BCUT2D eigenvalue weighted by Gasteiger charge is 2.44. The van der Waals surface area contributed by atoms with Crippen LogP contribution in [0.2, 0.25) is 0 Å². The van der Waals surface area contributed by atoms with Crippen LogP contribution in [0.15, 0.2) is 18.3 Å². The summed E-state index contributed by atoms with van der Waals surface area (Å²) in [4.78, 5) is 4.59. The molecule has 5 heteroatoms. The van der Waals surface area contributed by atoms with Crippen molar-refractivity contribution < 1.29 is 9.84 Å². The Bertz CT molecular complexity index is 742. The lowest BCUT2D eigenvalue weighted by Gasteiger charge is -2.11. The van der Waals surface area contributed by atoms with Gasteiger partial charge in [0, 0.05) is 17.8 Å². The molecule has 3 saturated carbocycles. The average molecular weight is 311 g/mol. The van der Waals surface area contributed by atoms with E-state index in [4.69, 9.17) is 4.74 Å². The summed E-state index contributed by atoms with van der Waals surface area (Å²) in [6, 6.07) is 3.93. The van der Waals surface area contributed by atoms with Crippen LogP contribution in [0.1, 0.15) is 55.7 Å². The summed E-state index contributed by atoms with van der Waals surface area (Å²) < 4.78 is 6.08. The molecule has 3 aliphatic rings. The summed E-state index contributed by atoms with van der Waals surface area (Å²) in [6.45, 7) is 0.814. The normalized spacial score (nSPS) is 22.1. The van der Waals surface area contributed by atoms with Crippen LogP contribution in [0, 0.1) is 5.92 Å². The molecular weight excluding hydrogens is 290 g/mol. The zero-order chi connectivity index (χ0) is 15.4. The average Bonchev–Trinajstić information content (AvgIpc) is 3.43. The van der Waals surface area contributed by atoms with Crippen molar-refractivity contribution in [3.63, 3.8) is 0 Å². The molecule has 120 valence electrons. The van der Waals surface area contributed by atoms with E-state index in [9.17, 15) is 5.11 Å². The van der Waals surface area contributed by atoms with E-state index in [0.29, 0.717) is 5.92 Å². The molecule has 0 aliphatic heterocycles. The Kier molecular flexibility index (Phi) is 2.83. The molecule has 0 amide bonds. The number of pyridine rings is 1. The lowest BCUT2D eigenvalue weighted by molar-refractivity contribution is 0.146. The molecule has 5 nitrogen and oxygen atoms in total. The van der Waals surface area contributed by atoms with Crippen LogP contribution in [-0.4, -0.2) is 26.9 Å². The first kappa shape index (κ1) is 13.5. The van der Waals surface area contributed by atoms with Gasteiger partial charge in [0.1, 0.15) is 17.0 Å². The second kappa shape index (κ2) is 4.81. The molecule has 2 N–H and O–H groups in total. The van der Waals surface area contributed by atoms with Gasteiger partial charge in [-0.3, -0.25) is 10.1 Å². The highest BCUT2D eigenvalue weighted by Crippen LogP contribution is 2.46. The minimum absolute atomic E-state index is 0.618. The zero-order valence-electron chi connectivity index (χ0n) is 13.1. The van der Waals surface area contributed by atoms with Crippen molar-refractivity contribution in [1.29, 1.82) is 0 Å². The number of aliphatic hydroxyl groups is 1. The minimum atomic E-state index is -0.690. The lowest BCUT2D eigenvalue weighted by atomic mass is 10.1. The summed E-state index contributed by atoms with van der Waals surface area (Å²) in [6.07, 6.45) is 8.61. The lowest BCUT2D eigenvalue weighted by Crippen LogP contribution is -2.04. The van der Waals surface area contributed by atoms with Gasteiger partial charge in [-0.15, -0.1) is 0 Å². The van der Waals surface area contributed by atoms with Crippen molar-refractivity contribution >= 4 is 0 Å². The van der Waals surface area contributed by atoms with Crippen molar-refractivity contribution in [2.75, 3.05) is 6.61 Å². The van der Waals surface area contributed by atoms with Gasteiger partial charge in [0.05, 0.1) is 18.0 Å². The maximum absolute atomic E-state index is 10.2. The van der Waals surface area contributed by atoms with Crippen LogP contribution in [0.5, 0.6) is 5.75 Å². The molecule has 2 aromatic heterocycles. The molecule has 2 aromatic rings. The number of ether oxygens (including phenoxy) is 1. The fraction of sp³-hybridized carbons (Fsp3) is 0.556. The highest BCUT2D eigenvalue weighted by molar-refractivity contribution is 5.59. The Balaban J connectivity index is 1.44. The molecule has 0 aromatic carbocycles. The maximum Gasteiger partial charge on any atom is 0.126 e. The van der Waals surface area contributed by atoms with Crippen molar-refractivity contribution in [2.24, 2.45) is 5.92 Å². The number of nitrogens with one attached hydrogen (secondary N) is 1. The Labute approximate surface area is 135 Å². The van der Waals surface area contributed by atoms with Crippen LogP contribution in [0.3, 0.4) is 0 Å². The van der Waals surface area contributed by atoms with Crippen molar-refractivity contribution in [3.8, 4) is 17.1 Å². The van der Waals surface area contributed by atoms with E-state index in [1.54, 1.807) is 0 Å². The predicted octanol–water partition coefficient (Wildman–Crippen LogP) is 3.12. The maximum atomic E-state index is 10.2. The molecule has 23 heavy (non-hydrogen) atoms. The van der Waals surface area contributed by atoms with Crippen molar-refractivity contribution in [2.45, 2.75) is 50.0 Å². The molecule has 0 spiro atoms. The first-order valence-corrected chi connectivity index (χ1v) is 8.63. The topological polar surface area (TPSA) is 71.0 Å². The third-order valence-electron chi connectivity index (χ3n) is 5.15. The van der Waals surface area contributed by atoms with Gasteiger partial charge >= 0.3 is 0 Å². The Morgan fingerprint density at radius 2 is 2.00 bits per heavy atom. The molecule has 3 fully saturated rings. The van der Waals surface area contributed by atoms with Gasteiger partial charge in [-0.1, -0.05) is 0 Å². The van der Waals surface area contributed by atoms with Crippen LogP contribution in [0.4, 0.5) is 0 Å². The monoisotopic (exact) mass is 311 g/mol. The summed E-state index contributed by atoms with van der Waals surface area (Å²) in [7, 11) is 0. The first-order valence-electron chi connectivity index (χ1n) is 8.63. The molecule has 0 atom stereocenters. The zero-order valence-corrected chi connectivity index (χ0v) is 13.1. The number of rotatable bonds is 6. The van der Waals surface area contributed by atoms with E-state index in [1.807, 2.05) is 18.3 Å². The van der Waals surface area contributed by atoms with Gasteiger partial charge in [0.2, 0.25) is 0 Å². The van der Waals surface area contributed by atoms with E-state index >= 15 is 0 Å². The summed E-state index contributed by atoms with van der Waals surface area (Å²) in [5.41, 5.74) is 2.93. The number of aromatic amines is 1. The van der Waals surface area contributed by atoms with E-state index in [2.05, 4.69) is 15.2 Å². The van der Waals surface area contributed by atoms with Gasteiger partial charge in [-0.25, -0.2) is 0 Å². The van der Waals surface area contributed by atoms with Gasteiger partial charge in [-0.2, -0.15) is 5.10 Å². The second-order valence-corrected chi connectivity index (χ2v) is 7.33. The second-order valence-electron chi connectivity index (χ2n) is 7.33. The Morgan fingerprint density at radius 3 is 2.70 bits per heavy atom. The summed E-state index contributed by atoms with van der Waals surface area (Å²) >= 11 is 0. The molecule has 0 bridgehead atoms. The number of nitrogens with zero attached hydrogens (tertiary/aromatic N) is 2. The fourth-order valence-corrected chi connectivity index (χ4v) is 2.98. The molecule has 0 unspecified atom stereocenters. The van der Waals surface area contributed by atoms with Crippen molar-refractivity contribution in [3.05, 3.63) is 29.6 Å². The van der Waals surface area contributed by atoms with Crippen LogP contribution < -0.4 is 4.74 Å². The smallest absolute Gasteiger partial charge is 0.126 e. The van der Waals surface area contributed by atoms with Gasteiger partial charge in [-0.05, 0) is 56.4 Å². The Morgan fingerprint density at radius 1 is 1.17 bits per heavy atom. The highest BCUT2D eigenvalue weighted by atomic mass is 16.5. The largest absolute Gasteiger partial charge is 0.493 e. The molecule has 0 radical (unpaired) electrons. The van der Waals surface area contributed by atoms with Crippen LogP contribution >= 0.6 is 0 Å². The SMILES string of the molecule is OC1(c2cc(-c3cc(OCC4CC4)c(C4CC4)cn3)n[nH]2)CC1. The first-order chi connectivity index (χ1) is 11.2. The van der Waals surface area contributed by atoms with Crippen LogP contribution in [-0.2, 0) is 5.60 Å². The third kappa shape index (κ3) is 2.63. The summed E-state index contributed by atoms with van der Waals surface area (Å²) in [5, 5.41) is 17.5. The molecular formula is C18H21N3O2. The van der Waals surface area contributed by atoms with E-state index < -0.39 is 5.60 Å². The summed E-state index contributed by atoms with van der Waals surface area (Å²) in [5.74, 6) is 2.33. The minimum Gasteiger partial charge on any atom is -0.493 e. The molecule has 0 saturated heterocycles. The van der Waals surface area contributed by atoms with E-state index in [-0.39, 0.29) is 0 Å². The van der Waals surface area contributed by atoms with Gasteiger partial charge in [0.15, 0.2) is 0 Å².